The van der Waals surface area contributed by atoms with Crippen LogP contribution in [0.1, 0.15) is 25.3 Å². The summed E-state index contributed by atoms with van der Waals surface area (Å²) in [6.07, 6.45) is 2.64. The fraction of sp³-hybridized carbons (Fsp3) is 0.625. The Bertz CT molecular complexity index is 407. The molecule has 0 aromatic heterocycles. The normalized spacial score (nSPS) is 12.8. The maximum Gasteiger partial charge on any atom is 0.146 e. The molecule has 1 aromatic carbocycles. The number of halogens is 1. The standard InChI is InChI=1S/C16H28FN3/c1-5-14(18)12-13-8-6-9-15(17)16(13)20(4)11-7-10-19(2)3/h6,8-9,14H,5,7,10-12,18H2,1-4H3. The van der Waals surface area contributed by atoms with Gasteiger partial charge in [0.15, 0.2) is 0 Å². The molecule has 1 rings (SSSR count). The molecule has 1 unspecified atom stereocenters. The van der Waals surface area contributed by atoms with Gasteiger partial charge in [0, 0.05) is 19.6 Å². The highest BCUT2D eigenvalue weighted by atomic mass is 19.1. The highest BCUT2D eigenvalue weighted by molar-refractivity contribution is 5.54. The number of hydrogen-bond donors (Lipinski definition) is 1. The summed E-state index contributed by atoms with van der Waals surface area (Å²) in [7, 11) is 6.05. The van der Waals surface area contributed by atoms with E-state index in [0.29, 0.717) is 5.69 Å². The van der Waals surface area contributed by atoms with Crippen molar-refractivity contribution in [3.05, 3.63) is 29.6 Å². The largest absolute Gasteiger partial charge is 0.372 e. The molecule has 0 aliphatic carbocycles. The van der Waals surface area contributed by atoms with Crippen molar-refractivity contribution in [2.45, 2.75) is 32.2 Å². The third kappa shape index (κ3) is 5.10. The first-order valence-corrected chi connectivity index (χ1v) is 7.34. The smallest absolute Gasteiger partial charge is 0.146 e. The van der Waals surface area contributed by atoms with Crippen LogP contribution in [0.25, 0.3) is 0 Å². The zero-order valence-corrected chi connectivity index (χ0v) is 13.2. The van der Waals surface area contributed by atoms with Crippen LogP contribution in [0.3, 0.4) is 0 Å². The Morgan fingerprint density at radius 2 is 1.90 bits per heavy atom. The first-order chi connectivity index (χ1) is 9.45. The average Bonchev–Trinajstić information content (AvgIpc) is 2.38. The van der Waals surface area contributed by atoms with Crippen LogP contribution in [0.2, 0.25) is 0 Å². The lowest BCUT2D eigenvalue weighted by Crippen LogP contribution is -2.27. The van der Waals surface area contributed by atoms with E-state index >= 15 is 0 Å². The molecule has 0 saturated carbocycles. The van der Waals surface area contributed by atoms with E-state index in [2.05, 4.69) is 25.9 Å². The summed E-state index contributed by atoms with van der Waals surface area (Å²) in [5, 5.41) is 0. The minimum atomic E-state index is -0.154. The molecular formula is C16H28FN3. The number of para-hydroxylation sites is 1. The van der Waals surface area contributed by atoms with Gasteiger partial charge in [-0.15, -0.1) is 0 Å². The molecule has 3 nitrogen and oxygen atoms in total. The van der Waals surface area contributed by atoms with Crippen molar-refractivity contribution in [3.63, 3.8) is 0 Å². The zero-order chi connectivity index (χ0) is 15.1. The summed E-state index contributed by atoms with van der Waals surface area (Å²) in [4.78, 5) is 4.15. The van der Waals surface area contributed by atoms with Gasteiger partial charge in [0.1, 0.15) is 5.82 Å². The maximum atomic E-state index is 14.1. The van der Waals surface area contributed by atoms with Gasteiger partial charge < -0.3 is 15.5 Å². The summed E-state index contributed by atoms with van der Waals surface area (Å²) in [6, 6.07) is 5.37. The Labute approximate surface area is 122 Å². The number of rotatable bonds is 8. The van der Waals surface area contributed by atoms with Crippen LogP contribution in [0.4, 0.5) is 10.1 Å². The van der Waals surface area contributed by atoms with Gasteiger partial charge in [0.25, 0.3) is 0 Å². The Balaban J connectivity index is 2.80. The van der Waals surface area contributed by atoms with Crippen molar-refractivity contribution in [2.75, 3.05) is 39.1 Å². The van der Waals surface area contributed by atoms with Gasteiger partial charge in [-0.25, -0.2) is 4.39 Å². The van der Waals surface area contributed by atoms with Crippen molar-refractivity contribution >= 4 is 5.69 Å². The van der Waals surface area contributed by atoms with Crippen LogP contribution in [0, 0.1) is 5.82 Å². The number of benzene rings is 1. The molecule has 0 amide bonds. The van der Waals surface area contributed by atoms with Gasteiger partial charge in [0.05, 0.1) is 5.69 Å². The topological polar surface area (TPSA) is 32.5 Å². The van der Waals surface area contributed by atoms with Crippen LogP contribution >= 0.6 is 0 Å². The van der Waals surface area contributed by atoms with E-state index in [4.69, 9.17) is 5.73 Å². The Hall–Kier alpha value is -1.13. The van der Waals surface area contributed by atoms with Crippen LogP contribution in [-0.2, 0) is 6.42 Å². The lowest BCUT2D eigenvalue weighted by atomic mass is 10.0. The minimum absolute atomic E-state index is 0.0886. The van der Waals surface area contributed by atoms with Crippen LogP contribution in [-0.4, -0.2) is 45.2 Å². The second-order valence-electron chi connectivity index (χ2n) is 5.70. The number of nitrogens with two attached hydrogens (primary N) is 1. The molecule has 0 radical (unpaired) electrons. The summed E-state index contributed by atoms with van der Waals surface area (Å²) < 4.78 is 14.1. The molecular weight excluding hydrogens is 253 g/mol. The molecule has 0 spiro atoms. The Kier molecular flexibility index (Phi) is 6.96. The molecule has 0 aliphatic heterocycles. The lowest BCUT2D eigenvalue weighted by molar-refractivity contribution is 0.401. The lowest BCUT2D eigenvalue weighted by Gasteiger charge is -2.24. The fourth-order valence-electron chi connectivity index (χ4n) is 2.31. The third-order valence-electron chi connectivity index (χ3n) is 3.56. The van der Waals surface area contributed by atoms with Crippen LogP contribution in [0.15, 0.2) is 18.2 Å². The molecule has 0 fully saturated rings. The van der Waals surface area contributed by atoms with Gasteiger partial charge in [-0.2, -0.15) is 0 Å². The minimum Gasteiger partial charge on any atom is -0.372 e. The zero-order valence-electron chi connectivity index (χ0n) is 13.2. The van der Waals surface area contributed by atoms with Gasteiger partial charge in [-0.3, -0.25) is 0 Å². The molecule has 0 saturated heterocycles. The predicted octanol–water partition coefficient (Wildman–Crippen LogP) is 2.49. The molecule has 0 aliphatic rings. The van der Waals surface area contributed by atoms with Crippen molar-refractivity contribution < 1.29 is 4.39 Å². The van der Waals surface area contributed by atoms with Gasteiger partial charge in [0.2, 0.25) is 0 Å². The fourth-order valence-corrected chi connectivity index (χ4v) is 2.31. The highest BCUT2D eigenvalue weighted by Gasteiger charge is 2.14. The maximum absolute atomic E-state index is 14.1. The molecule has 1 atom stereocenters. The Morgan fingerprint density at radius 3 is 2.50 bits per heavy atom. The first kappa shape index (κ1) is 16.9. The van der Waals surface area contributed by atoms with E-state index in [1.54, 1.807) is 6.07 Å². The number of nitrogens with zero attached hydrogens (tertiary/aromatic N) is 2. The third-order valence-corrected chi connectivity index (χ3v) is 3.56. The second kappa shape index (κ2) is 8.22. The SMILES string of the molecule is CCC(N)Cc1cccc(F)c1N(C)CCCN(C)C. The summed E-state index contributed by atoms with van der Waals surface area (Å²) in [5.41, 5.74) is 7.73. The van der Waals surface area contributed by atoms with E-state index in [0.717, 1.165) is 37.9 Å². The quantitative estimate of drug-likeness (QED) is 0.794. The molecule has 20 heavy (non-hydrogen) atoms. The van der Waals surface area contributed by atoms with Gasteiger partial charge in [-0.05, 0) is 51.5 Å². The van der Waals surface area contributed by atoms with E-state index in [1.807, 2.05) is 18.0 Å². The van der Waals surface area contributed by atoms with Crippen molar-refractivity contribution in [3.8, 4) is 0 Å². The van der Waals surface area contributed by atoms with Gasteiger partial charge in [-0.1, -0.05) is 19.1 Å². The molecule has 2 N–H and O–H groups in total. The monoisotopic (exact) mass is 281 g/mol. The van der Waals surface area contributed by atoms with Crippen LogP contribution < -0.4 is 10.6 Å². The molecule has 0 heterocycles. The summed E-state index contributed by atoms with van der Waals surface area (Å²) >= 11 is 0. The van der Waals surface area contributed by atoms with E-state index in [9.17, 15) is 4.39 Å². The second-order valence-corrected chi connectivity index (χ2v) is 5.70. The summed E-state index contributed by atoms with van der Waals surface area (Å²) in [6.45, 7) is 3.90. The van der Waals surface area contributed by atoms with Crippen molar-refractivity contribution in [1.82, 2.24) is 4.90 Å². The van der Waals surface area contributed by atoms with Crippen molar-refractivity contribution in [2.24, 2.45) is 5.73 Å². The average molecular weight is 281 g/mol. The number of anilines is 1. The van der Waals surface area contributed by atoms with Crippen molar-refractivity contribution in [1.29, 1.82) is 0 Å². The van der Waals surface area contributed by atoms with Crippen LogP contribution in [0.5, 0.6) is 0 Å². The first-order valence-electron chi connectivity index (χ1n) is 7.34. The van der Waals surface area contributed by atoms with E-state index in [-0.39, 0.29) is 11.9 Å². The molecule has 1 aromatic rings. The molecule has 0 bridgehead atoms. The molecule has 4 heteroatoms. The predicted molar refractivity (Wildman–Crippen MR) is 84.8 cm³/mol. The van der Waals surface area contributed by atoms with E-state index < -0.39 is 0 Å². The number of hydrogen-bond acceptors (Lipinski definition) is 3. The van der Waals surface area contributed by atoms with Gasteiger partial charge >= 0.3 is 0 Å². The Morgan fingerprint density at radius 1 is 1.20 bits per heavy atom. The molecule has 114 valence electrons. The van der Waals surface area contributed by atoms with E-state index in [1.165, 1.54) is 6.07 Å². The highest BCUT2D eigenvalue weighted by Crippen LogP contribution is 2.25. The summed E-state index contributed by atoms with van der Waals surface area (Å²) in [5.74, 6) is -0.154.